The maximum absolute atomic E-state index is 11.9. The van der Waals surface area contributed by atoms with E-state index in [4.69, 9.17) is 5.73 Å². The number of para-hydroxylation sites is 1. The van der Waals surface area contributed by atoms with Gasteiger partial charge in [0.25, 0.3) is 0 Å². The van der Waals surface area contributed by atoms with E-state index in [-0.39, 0.29) is 18.2 Å². The molecule has 6 heteroatoms. The number of ether oxygens (including phenoxy) is 1. The first kappa shape index (κ1) is 13.8. The number of esters is 1. The van der Waals surface area contributed by atoms with E-state index in [1.165, 1.54) is 11.7 Å². The summed E-state index contributed by atoms with van der Waals surface area (Å²) < 4.78 is 6.03. The molecule has 0 unspecified atom stereocenters. The standard InChI is InChI=1S/C14H15N3O3/c1-20-13(18)7-6-10-4-2-3-5-11(10)17-9-8-12(15)16-14(17)19/h2-5,8-9H,6-7H2,1H3,(H2,15,16,19). The molecular formula is C14H15N3O3. The highest BCUT2D eigenvalue weighted by molar-refractivity contribution is 5.69. The minimum Gasteiger partial charge on any atom is -0.469 e. The van der Waals surface area contributed by atoms with E-state index in [0.717, 1.165) is 5.56 Å². The molecule has 2 N–H and O–H groups in total. The van der Waals surface area contributed by atoms with Crippen LogP contribution in [0.3, 0.4) is 0 Å². The van der Waals surface area contributed by atoms with Crippen molar-refractivity contribution < 1.29 is 9.53 Å². The second-order valence-corrected chi connectivity index (χ2v) is 4.21. The van der Waals surface area contributed by atoms with E-state index in [9.17, 15) is 9.59 Å². The molecule has 2 rings (SSSR count). The monoisotopic (exact) mass is 273 g/mol. The summed E-state index contributed by atoms with van der Waals surface area (Å²) in [5, 5.41) is 0. The van der Waals surface area contributed by atoms with Crippen LogP contribution in [0.5, 0.6) is 0 Å². The van der Waals surface area contributed by atoms with Crippen LogP contribution in [0.1, 0.15) is 12.0 Å². The predicted molar refractivity (Wildman–Crippen MR) is 74.6 cm³/mol. The Morgan fingerprint density at radius 2 is 2.10 bits per heavy atom. The zero-order valence-electron chi connectivity index (χ0n) is 11.1. The van der Waals surface area contributed by atoms with Gasteiger partial charge in [-0.1, -0.05) is 18.2 Å². The number of hydrogen-bond donors (Lipinski definition) is 1. The summed E-state index contributed by atoms with van der Waals surface area (Å²) in [6.07, 6.45) is 2.31. The number of nitrogen functional groups attached to an aromatic ring is 1. The molecule has 0 saturated carbocycles. The molecule has 1 heterocycles. The third-order valence-corrected chi connectivity index (χ3v) is 2.90. The van der Waals surface area contributed by atoms with Gasteiger partial charge in [0, 0.05) is 12.6 Å². The smallest absolute Gasteiger partial charge is 0.354 e. The third kappa shape index (κ3) is 3.03. The summed E-state index contributed by atoms with van der Waals surface area (Å²) in [6, 6.07) is 8.89. The van der Waals surface area contributed by atoms with Gasteiger partial charge in [0.1, 0.15) is 5.82 Å². The molecule has 2 aromatic rings. The Bertz CT molecular complexity index is 679. The Labute approximate surface area is 115 Å². The van der Waals surface area contributed by atoms with Gasteiger partial charge in [-0.05, 0) is 24.1 Å². The number of methoxy groups -OCH3 is 1. The van der Waals surface area contributed by atoms with Crippen molar-refractivity contribution in [3.05, 3.63) is 52.6 Å². The fourth-order valence-corrected chi connectivity index (χ4v) is 1.90. The molecule has 0 amide bonds. The van der Waals surface area contributed by atoms with Crippen molar-refractivity contribution in [2.75, 3.05) is 12.8 Å². The Hall–Kier alpha value is -2.63. The normalized spacial score (nSPS) is 10.2. The number of carbonyl (C=O) groups excluding carboxylic acids is 1. The Balaban J connectivity index is 2.36. The van der Waals surface area contributed by atoms with Crippen LogP contribution in [0.2, 0.25) is 0 Å². The van der Waals surface area contributed by atoms with Gasteiger partial charge in [0.15, 0.2) is 0 Å². The maximum Gasteiger partial charge on any atom is 0.354 e. The number of nitrogens with two attached hydrogens (primary N) is 1. The second-order valence-electron chi connectivity index (χ2n) is 4.21. The summed E-state index contributed by atoms with van der Waals surface area (Å²) in [4.78, 5) is 26.8. The van der Waals surface area contributed by atoms with Crippen molar-refractivity contribution in [3.63, 3.8) is 0 Å². The number of aromatic nitrogens is 2. The number of anilines is 1. The Morgan fingerprint density at radius 1 is 1.35 bits per heavy atom. The van der Waals surface area contributed by atoms with Crippen LogP contribution in [-0.2, 0) is 16.0 Å². The first-order valence-electron chi connectivity index (χ1n) is 6.12. The van der Waals surface area contributed by atoms with E-state index >= 15 is 0 Å². The largest absolute Gasteiger partial charge is 0.469 e. The number of carbonyl (C=O) groups is 1. The second kappa shape index (κ2) is 6.01. The molecule has 0 saturated heterocycles. The van der Waals surface area contributed by atoms with Gasteiger partial charge in [0.05, 0.1) is 12.8 Å². The number of aryl methyl sites for hydroxylation is 1. The quantitative estimate of drug-likeness (QED) is 0.837. The molecule has 1 aromatic heterocycles. The van der Waals surface area contributed by atoms with Gasteiger partial charge in [-0.2, -0.15) is 4.98 Å². The van der Waals surface area contributed by atoms with Gasteiger partial charge in [-0.15, -0.1) is 0 Å². The molecule has 0 atom stereocenters. The van der Waals surface area contributed by atoms with E-state index < -0.39 is 5.69 Å². The van der Waals surface area contributed by atoms with Gasteiger partial charge in [-0.25, -0.2) is 4.79 Å². The summed E-state index contributed by atoms with van der Waals surface area (Å²) in [5.41, 5.74) is 6.58. The van der Waals surface area contributed by atoms with Crippen molar-refractivity contribution in [1.82, 2.24) is 9.55 Å². The molecule has 0 radical (unpaired) electrons. The molecule has 0 bridgehead atoms. The predicted octanol–water partition coefficient (Wildman–Crippen LogP) is 0.920. The van der Waals surface area contributed by atoms with E-state index in [1.54, 1.807) is 18.3 Å². The van der Waals surface area contributed by atoms with E-state index in [1.807, 2.05) is 18.2 Å². The average molecular weight is 273 g/mol. The van der Waals surface area contributed by atoms with E-state index in [0.29, 0.717) is 12.1 Å². The molecule has 0 aliphatic rings. The van der Waals surface area contributed by atoms with Crippen molar-refractivity contribution in [2.45, 2.75) is 12.8 Å². The molecule has 1 aromatic carbocycles. The molecule has 0 fully saturated rings. The molecule has 6 nitrogen and oxygen atoms in total. The minimum absolute atomic E-state index is 0.179. The zero-order chi connectivity index (χ0) is 14.5. The fourth-order valence-electron chi connectivity index (χ4n) is 1.90. The van der Waals surface area contributed by atoms with Crippen LogP contribution in [0, 0.1) is 0 Å². The summed E-state index contributed by atoms with van der Waals surface area (Å²) in [5.74, 6) is -0.110. The van der Waals surface area contributed by atoms with Crippen molar-refractivity contribution in [1.29, 1.82) is 0 Å². The fraction of sp³-hybridized carbons (Fsp3) is 0.214. The number of rotatable bonds is 4. The summed E-state index contributed by atoms with van der Waals surface area (Å²) >= 11 is 0. The number of hydrogen-bond acceptors (Lipinski definition) is 5. The highest BCUT2D eigenvalue weighted by Crippen LogP contribution is 2.15. The van der Waals surface area contributed by atoms with Gasteiger partial charge < -0.3 is 10.5 Å². The summed E-state index contributed by atoms with van der Waals surface area (Å²) in [7, 11) is 1.35. The van der Waals surface area contributed by atoms with Crippen LogP contribution < -0.4 is 11.4 Å². The highest BCUT2D eigenvalue weighted by atomic mass is 16.5. The molecule has 0 spiro atoms. The van der Waals surface area contributed by atoms with Crippen LogP contribution in [0.25, 0.3) is 5.69 Å². The van der Waals surface area contributed by atoms with Crippen LogP contribution >= 0.6 is 0 Å². The lowest BCUT2D eigenvalue weighted by atomic mass is 10.1. The molecule has 0 aliphatic heterocycles. The van der Waals surface area contributed by atoms with E-state index in [2.05, 4.69) is 9.72 Å². The number of benzene rings is 1. The Kier molecular flexibility index (Phi) is 4.14. The molecule has 20 heavy (non-hydrogen) atoms. The minimum atomic E-state index is -0.449. The molecular weight excluding hydrogens is 258 g/mol. The lowest BCUT2D eigenvalue weighted by Gasteiger charge is -2.11. The van der Waals surface area contributed by atoms with Crippen molar-refractivity contribution in [2.24, 2.45) is 0 Å². The molecule has 0 aliphatic carbocycles. The van der Waals surface area contributed by atoms with Crippen LogP contribution in [0.15, 0.2) is 41.3 Å². The number of nitrogens with zero attached hydrogens (tertiary/aromatic N) is 2. The average Bonchev–Trinajstić information content (AvgIpc) is 2.45. The van der Waals surface area contributed by atoms with Crippen molar-refractivity contribution >= 4 is 11.8 Å². The van der Waals surface area contributed by atoms with Crippen molar-refractivity contribution in [3.8, 4) is 5.69 Å². The third-order valence-electron chi connectivity index (χ3n) is 2.90. The first-order chi connectivity index (χ1) is 9.61. The Morgan fingerprint density at radius 3 is 2.80 bits per heavy atom. The van der Waals surface area contributed by atoms with Gasteiger partial charge in [-0.3, -0.25) is 9.36 Å². The van der Waals surface area contributed by atoms with Gasteiger partial charge in [0.2, 0.25) is 0 Å². The van der Waals surface area contributed by atoms with Crippen LogP contribution in [-0.4, -0.2) is 22.6 Å². The maximum atomic E-state index is 11.9. The SMILES string of the molecule is COC(=O)CCc1ccccc1-n1ccc(N)nc1=O. The zero-order valence-corrected chi connectivity index (χ0v) is 11.1. The molecule has 104 valence electrons. The topological polar surface area (TPSA) is 87.2 Å². The van der Waals surface area contributed by atoms with Crippen LogP contribution in [0.4, 0.5) is 5.82 Å². The van der Waals surface area contributed by atoms with Gasteiger partial charge >= 0.3 is 11.7 Å². The lowest BCUT2D eigenvalue weighted by molar-refractivity contribution is -0.140. The highest BCUT2D eigenvalue weighted by Gasteiger charge is 2.09. The summed E-state index contributed by atoms with van der Waals surface area (Å²) in [6.45, 7) is 0. The lowest BCUT2D eigenvalue weighted by Crippen LogP contribution is -2.22. The first-order valence-corrected chi connectivity index (χ1v) is 6.12.